The summed E-state index contributed by atoms with van der Waals surface area (Å²) in [6.45, 7) is 0. The number of hydrogen-bond donors (Lipinski definition) is 1. The molecule has 20 heavy (non-hydrogen) atoms. The molecule has 1 aromatic carbocycles. The van der Waals surface area contributed by atoms with Gasteiger partial charge in [-0.1, -0.05) is 30.3 Å². The lowest BCUT2D eigenvalue weighted by atomic mass is 10.1. The number of hydrogen-bond acceptors (Lipinski definition) is 3. The van der Waals surface area contributed by atoms with Crippen LogP contribution in [-0.2, 0) is 0 Å². The summed E-state index contributed by atoms with van der Waals surface area (Å²) >= 11 is 0. The number of nitriles is 1. The number of nitrogens with zero attached hydrogens (tertiary/aromatic N) is 2. The van der Waals surface area contributed by atoms with Gasteiger partial charge in [0, 0.05) is 18.2 Å². The number of benzene rings is 1. The van der Waals surface area contributed by atoms with E-state index < -0.39 is 0 Å². The molecule has 1 aromatic heterocycles. The van der Waals surface area contributed by atoms with E-state index in [4.69, 9.17) is 5.26 Å². The summed E-state index contributed by atoms with van der Waals surface area (Å²) in [5, 5.41) is 11.7. The third-order valence-electron chi connectivity index (χ3n) is 3.46. The number of pyridine rings is 1. The van der Waals surface area contributed by atoms with Crippen molar-refractivity contribution < 1.29 is 4.79 Å². The molecular formula is C16H13N3O. The molecule has 1 aliphatic carbocycles. The molecule has 0 radical (unpaired) electrons. The Morgan fingerprint density at radius 3 is 2.70 bits per heavy atom. The molecule has 1 fully saturated rings. The van der Waals surface area contributed by atoms with Crippen molar-refractivity contribution in [1.29, 1.82) is 5.26 Å². The Bertz CT molecular complexity index is 658. The molecule has 1 heterocycles. The van der Waals surface area contributed by atoms with Crippen LogP contribution in [0.4, 0.5) is 0 Å². The van der Waals surface area contributed by atoms with Gasteiger partial charge in [0.1, 0.15) is 11.8 Å². The van der Waals surface area contributed by atoms with Gasteiger partial charge in [-0.25, -0.2) is 4.98 Å². The molecule has 1 saturated carbocycles. The van der Waals surface area contributed by atoms with Gasteiger partial charge in [0.15, 0.2) is 0 Å². The number of carbonyl (C=O) groups is 1. The molecular weight excluding hydrogens is 250 g/mol. The second-order valence-electron chi connectivity index (χ2n) is 4.88. The monoisotopic (exact) mass is 263 g/mol. The van der Waals surface area contributed by atoms with Crippen LogP contribution in [0.2, 0.25) is 0 Å². The highest BCUT2D eigenvalue weighted by Crippen LogP contribution is 2.40. The van der Waals surface area contributed by atoms with Crippen LogP contribution >= 0.6 is 0 Å². The summed E-state index contributed by atoms with van der Waals surface area (Å²) in [6, 6.07) is 15.5. The van der Waals surface area contributed by atoms with Gasteiger partial charge >= 0.3 is 0 Å². The Hall–Kier alpha value is -2.67. The maximum absolute atomic E-state index is 12.0. The van der Waals surface area contributed by atoms with E-state index in [1.54, 1.807) is 12.1 Å². The Labute approximate surface area is 117 Å². The first kappa shape index (κ1) is 12.4. The fraction of sp³-hybridized carbons (Fsp3) is 0.188. The van der Waals surface area contributed by atoms with Gasteiger partial charge in [-0.05, 0) is 24.1 Å². The first-order valence-corrected chi connectivity index (χ1v) is 6.50. The van der Waals surface area contributed by atoms with Crippen LogP contribution < -0.4 is 5.32 Å². The molecule has 4 heteroatoms. The van der Waals surface area contributed by atoms with E-state index in [0.717, 1.165) is 6.42 Å². The number of rotatable bonds is 3. The van der Waals surface area contributed by atoms with Crippen molar-refractivity contribution in [1.82, 2.24) is 10.3 Å². The van der Waals surface area contributed by atoms with Crippen molar-refractivity contribution in [3.05, 3.63) is 65.5 Å². The van der Waals surface area contributed by atoms with E-state index in [2.05, 4.69) is 22.4 Å². The molecule has 3 rings (SSSR count). The molecule has 0 bridgehead atoms. The number of amides is 1. The first-order chi connectivity index (χ1) is 9.78. The fourth-order valence-corrected chi connectivity index (χ4v) is 2.26. The zero-order valence-electron chi connectivity index (χ0n) is 10.8. The number of carbonyl (C=O) groups excluding carboxylic acids is 1. The predicted octanol–water partition coefficient (Wildman–Crippen LogP) is 2.24. The molecule has 98 valence electrons. The summed E-state index contributed by atoms with van der Waals surface area (Å²) in [5.41, 5.74) is 2.06. The SMILES string of the molecule is N#Cc1ccc(C(=O)NC2CC2c2ccccc2)nc1. The van der Waals surface area contributed by atoms with Crippen molar-refractivity contribution in [2.24, 2.45) is 0 Å². The normalized spacial score (nSPS) is 19.9. The second-order valence-corrected chi connectivity index (χ2v) is 4.88. The summed E-state index contributed by atoms with van der Waals surface area (Å²) in [5.74, 6) is 0.219. The van der Waals surface area contributed by atoms with E-state index in [1.807, 2.05) is 24.3 Å². The second kappa shape index (κ2) is 5.14. The van der Waals surface area contributed by atoms with Crippen LogP contribution in [0, 0.1) is 11.3 Å². The van der Waals surface area contributed by atoms with Crippen molar-refractivity contribution in [2.45, 2.75) is 18.4 Å². The third kappa shape index (κ3) is 2.52. The van der Waals surface area contributed by atoms with Gasteiger partial charge in [0.05, 0.1) is 5.56 Å². The minimum Gasteiger partial charge on any atom is -0.347 e. The molecule has 0 spiro atoms. The average Bonchev–Trinajstić information content (AvgIpc) is 3.27. The maximum Gasteiger partial charge on any atom is 0.270 e. The highest BCUT2D eigenvalue weighted by molar-refractivity contribution is 5.92. The largest absolute Gasteiger partial charge is 0.347 e. The molecule has 1 N–H and O–H groups in total. The molecule has 2 aromatic rings. The van der Waals surface area contributed by atoms with Crippen LogP contribution in [-0.4, -0.2) is 16.9 Å². The predicted molar refractivity (Wildman–Crippen MR) is 74.0 cm³/mol. The van der Waals surface area contributed by atoms with Gasteiger partial charge in [-0.15, -0.1) is 0 Å². The molecule has 1 aliphatic rings. The topological polar surface area (TPSA) is 65.8 Å². The first-order valence-electron chi connectivity index (χ1n) is 6.50. The van der Waals surface area contributed by atoms with Crippen LogP contribution in [0.25, 0.3) is 0 Å². The van der Waals surface area contributed by atoms with E-state index in [1.165, 1.54) is 11.8 Å². The van der Waals surface area contributed by atoms with Crippen LogP contribution in [0.3, 0.4) is 0 Å². The summed E-state index contributed by atoms with van der Waals surface area (Å²) in [6.07, 6.45) is 2.38. The highest BCUT2D eigenvalue weighted by atomic mass is 16.2. The van der Waals surface area contributed by atoms with Crippen molar-refractivity contribution in [3.8, 4) is 6.07 Å². The fourth-order valence-electron chi connectivity index (χ4n) is 2.26. The molecule has 4 nitrogen and oxygen atoms in total. The summed E-state index contributed by atoms with van der Waals surface area (Å²) in [7, 11) is 0. The van der Waals surface area contributed by atoms with E-state index in [9.17, 15) is 4.79 Å². The molecule has 0 aliphatic heterocycles. The molecule has 0 saturated heterocycles. The van der Waals surface area contributed by atoms with Crippen LogP contribution in [0.5, 0.6) is 0 Å². The lowest BCUT2D eigenvalue weighted by Gasteiger charge is -2.04. The van der Waals surface area contributed by atoms with E-state index in [-0.39, 0.29) is 11.9 Å². The van der Waals surface area contributed by atoms with Gasteiger partial charge in [-0.2, -0.15) is 5.26 Å². The van der Waals surface area contributed by atoms with Crippen molar-refractivity contribution in [2.75, 3.05) is 0 Å². The quantitative estimate of drug-likeness (QED) is 0.923. The smallest absolute Gasteiger partial charge is 0.270 e. The zero-order chi connectivity index (χ0) is 13.9. The average molecular weight is 263 g/mol. The van der Waals surface area contributed by atoms with Crippen molar-refractivity contribution >= 4 is 5.91 Å². The molecule has 1 amide bonds. The Morgan fingerprint density at radius 1 is 1.25 bits per heavy atom. The Kier molecular flexibility index (Phi) is 3.18. The Balaban J connectivity index is 1.62. The molecule has 2 unspecified atom stereocenters. The van der Waals surface area contributed by atoms with Gasteiger partial charge in [-0.3, -0.25) is 4.79 Å². The zero-order valence-corrected chi connectivity index (χ0v) is 10.8. The van der Waals surface area contributed by atoms with Gasteiger partial charge in [0.2, 0.25) is 0 Å². The van der Waals surface area contributed by atoms with Gasteiger partial charge < -0.3 is 5.32 Å². The van der Waals surface area contributed by atoms with Crippen molar-refractivity contribution in [3.63, 3.8) is 0 Å². The lowest BCUT2D eigenvalue weighted by molar-refractivity contribution is 0.0945. The molecule has 2 atom stereocenters. The van der Waals surface area contributed by atoms with Crippen LogP contribution in [0.15, 0.2) is 48.7 Å². The third-order valence-corrected chi connectivity index (χ3v) is 3.46. The lowest BCUT2D eigenvalue weighted by Crippen LogP contribution is -2.27. The van der Waals surface area contributed by atoms with E-state index >= 15 is 0 Å². The summed E-state index contributed by atoms with van der Waals surface area (Å²) < 4.78 is 0. The number of aromatic nitrogens is 1. The summed E-state index contributed by atoms with van der Waals surface area (Å²) in [4.78, 5) is 16.0. The van der Waals surface area contributed by atoms with Gasteiger partial charge in [0.25, 0.3) is 5.91 Å². The minimum absolute atomic E-state index is 0.182. The Morgan fingerprint density at radius 2 is 2.05 bits per heavy atom. The van der Waals surface area contributed by atoms with E-state index in [0.29, 0.717) is 17.2 Å². The maximum atomic E-state index is 12.0. The number of nitrogens with one attached hydrogen (secondary N) is 1. The standard InChI is InChI=1S/C16H13N3O/c17-9-11-6-7-14(18-10-11)16(20)19-15-8-13(15)12-4-2-1-3-5-12/h1-7,10,13,15H,8H2,(H,19,20). The minimum atomic E-state index is -0.182. The van der Waals surface area contributed by atoms with Crippen LogP contribution in [0.1, 0.15) is 34.0 Å². The highest BCUT2D eigenvalue weighted by Gasteiger charge is 2.39.